The highest BCUT2D eigenvalue weighted by Crippen LogP contribution is 2.22. The fourth-order valence-electron chi connectivity index (χ4n) is 2.22. The van der Waals surface area contributed by atoms with Crippen molar-refractivity contribution in [3.63, 3.8) is 0 Å². The van der Waals surface area contributed by atoms with E-state index in [1.165, 1.54) is 12.8 Å². The Labute approximate surface area is 99.5 Å². The lowest BCUT2D eigenvalue weighted by Gasteiger charge is -2.26. The van der Waals surface area contributed by atoms with Crippen LogP contribution < -0.4 is 5.32 Å². The molecular weight excluding hydrogens is 224 g/mol. The SMILES string of the molecule is CNCCS(=O)(=O)N(C)C1CCCCCC1. The standard InChI is InChI=1S/C11H24N2O2S/c1-12-9-10-16(14,15)13(2)11-7-5-3-4-6-8-11/h11-12H,3-10H2,1-2H3. The maximum atomic E-state index is 12.0. The Morgan fingerprint density at radius 2 is 1.75 bits per heavy atom. The number of hydrogen-bond donors (Lipinski definition) is 1. The number of nitrogens with one attached hydrogen (secondary N) is 1. The zero-order valence-electron chi connectivity index (χ0n) is 10.4. The lowest BCUT2D eigenvalue weighted by molar-refractivity contribution is 0.335. The maximum absolute atomic E-state index is 12.0. The van der Waals surface area contributed by atoms with E-state index in [2.05, 4.69) is 5.32 Å². The summed E-state index contributed by atoms with van der Waals surface area (Å²) in [5.74, 6) is 0.205. The average molecular weight is 248 g/mol. The first-order chi connectivity index (χ1) is 7.58. The van der Waals surface area contributed by atoms with Crippen molar-refractivity contribution in [2.75, 3.05) is 26.4 Å². The molecule has 96 valence electrons. The Hall–Kier alpha value is -0.130. The van der Waals surface area contributed by atoms with E-state index in [-0.39, 0.29) is 11.8 Å². The number of nitrogens with zero attached hydrogens (tertiary/aromatic N) is 1. The maximum Gasteiger partial charge on any atom is 0.215 e. The number of sulfonamides is 1. The summed E-state index contributed by atoms with van der Waals surface area (Å²) in [6.07, 6.45) is 6.87. The fourth-order valence-corrected chi connectivity index (χ4v) is 3.64. The summed E-state index contributed by atoms with van der Waals surface area (Å²) in [5.41, 5.74) is 0. The highest BCUT2D eigenvalue weighted by Gasteiger charge is 2.26. The van der Waals surface area contributed by atoms with Crippen molar-refractivity contribution in [3.8, 4) is 0 Å². The van der Waals surface area contributed by atoms with Crippen LogP contribution in [-0.4, -0.2) is 45.2 Å². The van der Waals surface area contributed by atoms with E-state index in [0.29, 0.717) is 6.54 Å². The van der Waals surface area contributed by atoms with Crippen molar-refractivity contribution in [2.24, 2.45) is 0 Å². The molecule has 0 amide bonds. The monoisotopic (exact) mass is 248 g/mol. The molecule has 1 saturated carbocycles. The van der Waals surface area contributed by atoms with Crippen LogP contribution in [0.4, 0.5) is 0 Å². The van der Waals surface area contributed by atoms with Gasteiger partial charge in [-0.1, -0.05) is 25.7 Å². The zero-order chi connectivity index (χ0) is 12.0. The summed E-state index contributed by atoms with van der Waals surface area (Å²) < 4.78 is 25.6. The van der Waals surface area contributed by atoms with Crippen LogP contribution in [0.25, 0.3) is 0 Å². The predicted octanol–water partition coefficient (Wildman–Crippen LogP) is 1.19. The highest BCUT2D eigenvalue weighted by atomic mass is 32.2. The van der Waals surface area contributed by atoms with Crippen LogP contribution in [0, 0.1) is 0 Å². The van der Waals surface area contributed by atoms with Gasteiger partial charge in [-0.3, -0.25) is 0 Å². The molecular formula is C11H24N2O2S. The largest absolute Gasteiger partial charge is 0.319 e. The van der Waals surface area contributed by atoms with Crippen molar-refractivity contribution in [1.82, 2.24) is 9.62 Å². The minimum Gasteiger partial charge on any atom is -0.319 e. The van der Waals surface area contributed by atoms with Crippen LogP contribution in [0.1, 0.15) is 38.5 Å². The number of rotatable bonds is 5. The average Bonchev–Trinajstić information content (AvgIpc) is 2.53. The summed E-state index contributed by atoms with van der Waals surface area (Å²) in [4.78, 5) is 0. The van der Waals surface area contributed by atoms with Crippen molar-refractivity contribution in [3.05, 3.63) is 0 Å². The van der Waals surface area contributed by atoms with Gasteiger partial charge < -0.3 is 5.32 Å². The molecule has 4 nitrogen and oxygen atoms in total. The third kappa shape index (κ3) is 4.03. The van der Waals surface area contributed by atoms with E-state index >= 15 is 0 Å². The summed E-state index contributed by atoms with van der Waals surface area (Å²) in [5, 5.41) is 2.89. The molecule has 1 rings (SSSR count). The first kappa shape index (κ1) is 13.9. The third-order valence-corrected chi connectivity index (χ3v) is 5.28. The van der Waals surface area contributed by atoms with Gasteiger partial charge in [0.2, 0.25) is 10.0 Å². The minimum absolute atomic E-state index is 0.205. The van der Waals surface area contributed by atoms with Crippen LogP contribution in [0.2, 0.25) is 0 Å². The molecule has 0 spiro atoms. The smallest absolute Gasteiger partial charge is 0.215 e. The summed E-state index contributed by atoms with van der Waals surface area (Å²) >= 11 is 0. The molecule has 1 fully saturated rings. The van der Waals surface area contributed by atoms with Crippen molar-refractivity contribution >= 4 is 10.0 Å². The van der Waals surface area contributed by atoms with Crippen LogP contribution >= 0.6 is 0 Å². The molecule has 0 bridgehead atoms. The van der Waals surface area contributed by atoms with E-state index in [1.807, 2.05) is 0 Å². The molecule has 1 aliphatic carbocycles. The molecule has 0 unspecified atom stereocenters. The lowest BCUT2D eigenvalue weighted by Crippen LogP contribution is -2.40. The van der Waals surface area contributed by atoms with Gasteiger partial charge in [-0.2, -0.15) is 0 Å². The molecule has 0 aliphatic heterocycles. The van der Waals surface area contributed by atoms with Crippen molar-refractivity contribution in [1.29, 1.82) is 0 Å². The van der Waals surface area contributed by atoms with Crippen molar-refractivity contribution < 1.29 is 8.42 Å². The number of hydrogen-bond acceptors (Lipinski definition) is 3. The van der Waals surface area contributed by atoms with Crippen LogP contribution in [0.5, 0.6) is 0 Å². The minimum atomic E-state index is -3.07. The quantitative estimate of drug-likeness (QED) is 0.744. The molecule has 1 N–H and O–H groups in total. The molecule has 0 heterocycles. The fraction of sp³-hybridized carbons (Fsp3) is 1.00. The van der Waals surface area contributed by atoms with Gasteiger partial charge >= 0.3 is 0 Å². The Morgan fingerprint density at radius 1 is 1.19 bits per heavy atom. The molecule has 5 heteroatoms. The van der Waals surface area contributed by atoms with Crippen molar-refractivity contribution in [2.45, 2.75) is 44.6 Å². The molecule has 16 heavy (non-hydrogen) atoms. The molecule has 0 saturated heterocycles. The second kappa shape index (κ2) is 6.57. The zero-order valence-corrected chi connectivity index (χ0v) is 11.2. The summed E-state index contributed by atoms with van der Waals surface area (Å²) in [6.45, 7) is 0.527. The van der Waals surface area contributed by atoms with E-state index < -0.39 is 10.0 Å². The van der Waals surface area contributed by atoms with Gasteiger partial charge in [-0.25, -0.2) is 12.7 Å². The van der Waals surface area contributed by atoms with Gasteiger partial charge in [0, 0.05) is 19.6 Å². The highest BCUT2D eigenvalue weighted by molar-refractivity contribution is 7.89. The van der Waals surface area contributed by atoms with Gasteiger partial charge in [0.05, 0.1) is 5.75 Å². The van der Waals surface area contributed by atoms with Crippen LogP contribution in [0.15, 0.2) is 0 Å². The predicted molar refractivity (Wildman–Crippen MR) is 67.0 cm³/mol. The Balaban J connectivity index is 2.56. The van der Waals surface area contributed by atoms with Crippen LogP contribution in [-0.2, 0) is 10.0 Å². The van der Waals surface area contributed by atoms with Gasteiger partial charge in [0.25, 0.3) is 0 Å². The van der Waals surface area contributed by atoms with E-state index in [4.69, 9.17) is 0 Å². The van der Waals surface area contributed by atoms with E-state index in [1.54, 1.807) is 18.4 Å². The molecule has 0 aromatic rings. The van der Waals surface area contributed by atoms with Gasteiger partial charge in [-0.15, -0.1) is 0 Å². The molecule has 0 radical (unpaired) electrons. The van der Waals surface area contributed by atoms with Gasteiger partial charge in [-0.05, 0) is 19.9 Å². The molecule has 1 aliphatic rings. The molecule has 0 aromatic carbocycles. The van der Waals surface area contributed by atoms with Gasteiger partial charge in [0.1, 0.15) is 0 Å². The first-order valence-electron chi connectivity index (χ1n) is 6.18. The van der Waals surface area contributed by atoms with E-state index in [9.17, 15) is 8.42 Å². The summed E-state index contributed by atoms with van der Waals surface area (Å²) in [7, 11) is 0.449. The van der Waals surface area contributed by atoms with Crippen LogP contribution in [0.3, 0.4) is 0 Å². The van der Waals surface area contributed by atoms with E-state index in [0.717, 1.165) is 25.7 Å². The first-order valence-corrected chi connectivity index (χ1v) is 7.79. The Morgan fingerprint density at radius 3 is 2.25 bits per heavy atom. The lowest BCUT2D eigenvalue weighted by atomic mass is 10.1. The Kier molecular flexibility index (Phi) is 5.72. The second-order valence-corrected chi connectivity index (χ2v) is 6.73. The van der Waals surface area contributed by atoms with Gasteiger partial charge in [0.15, 0.2) is 0 Å². The summed E-state index contributed by atoms with van der Waals surface area (Å²) in [6, 6.07) is 0.226. The second-order valence-electron chi connectivity index (χ2n) is 4.58. The third-order valence-electron chi connectivity index (χ3n) is 3.39. The topological polar surface area (TPSA) is 49.4 Å². The molecule has 0 atom stereocenters. The molecule has 0 aromatic heterocycles. The Bertz CT molecular complexity index is 282. The normalized spacial score (nSPS) is 19.9.